The van der Waals surface area contributed by atoms with Crippen LogP contribution in [0.3, 0.4) is 0 Å². The fourth-order valence-electron chi connectivity index (χ4n) is 2.50. The first-order chi connectivity index (χ1) is 13.5. The molecule has 7 heteroatoms. The molecule has 4 nitrogen and oxygen atoms in total. The van der Waals surface area contributed by atoms with E-state index in [4.69, 9.17) is 23.2 Å². The Bertz CT molecular complexity index is 1060. The van der Waals surface area contributed by atoms with Gasteiger partial charge in [0.05, 0.1) is 10.6 Å². The van der Waals surface area contributed by atoms with Crippen molar-refractivity contribution >= 4 is 58.1 Å². The van der Waals surface area contributed by atoms with E-state index in [1.165, 1.54) is 30.5 Å². The summed E-state index contributed by atoms with van der Waals surface area (Å²) in [5.74, 6) is -0.625. The quantitative estimate of drug-likeness (QED) is 0.507. The third-order valence-corrected chi connectivity index (χ3v) is 5.61. The fourth-order valence-corrected chi connectivity index (χ4v) is 3.95. The summed E-state index contributed by atoms with van der Waals surface area (Å²) in [6.07, 6.45) is 3.17. The predicted molar refractivity (Wildman–Crippen MR) is 117 cm³/mol. The molecule has 3 aromatic rings. The van der Waals surface area contributed by atoms with Gasteiger partial charge in [0.25, 0.3) is 5.91 Å². The lowest BCUT2D eigenvalue weighted by atomic mass is 10.2. The molecule has 0 aliphatic rings. The van der Waals surface area contributed by atoms with Gasteiger partial charge in [-0.1, -0.05) is 41.4 Å². The van der Waals surface area contributed by atoms with E-state index in [0.717, 1.165) is 15.3 Å². The van der Waals surface area contributed by atoms with E-state index in [1.807, 2.05) is 36.4 Å². The minimum absolute atomic E-state index is 0.300. The van der Waals surface area contributed by atoms with Crippen LogP contribution < -0.4 is 10.6 Å². The average Bonchev–Trinajstić information content (AvgIpc) is 3.16. The number of amides is 2. The highest BCUT2D eigenvalue weighted by Crippen LogP contribution is 2.33. The number of carbonyl (C=O) groups excluding carboxylic acids is 2. The largest absolute Gasteiger partial charge is 0.355 e. The second-order valence-electron chi connectivity index (χ2n) is 5.78. The molecule has 0 atom stereocenters. The third-order valence-electron chi connectivity index (χ3n) is 3.87. The molecule has 2 N–H and O–H groups in total. The summed E-state index contributed by atoms with van der Waals surface area (Å²) >= 11 is 13.8. The highest BCUT2D eigenvalue weighted by Gasteiger charge is 2.10. The molecule has 0 saturated carbocycles. The minimum atomic E-state index is -0.317. The van der Waals surface area contributed by atoms with Gasteiger partial charge in [0.1, 0.15) is 0 Å². The number of halogens is 2. The lowest BCUT2D eigenvalue weighted by molar-refractivity contribution is -0.111. The van der Waals surface area contributed by atoms with Gasteiger partial charge in [0.15, 0.2) is 0 Å². The van der Waals surface area contributed by atoms with Gasteiger partial charge in [-0.2, -0.15) is 0 Å². The summed E-state index contributed by atoms with van der Waals surface area (Å²) in [6, 6.07) is 16.3. The van der Waals surface area contributed by atoms with Gasteiger partial charge >= 0.3 is 0 Å². The molecule has 2 amide bonds. The average molecular weight is 431 g/mol. The zero-order valence-corrected chi connectivity index (χ0v) is 17.2. The number of rotatable bonds is 5. The lowest BCUT2D eigenvalue weighted by Crippen LogP contribution is -2.18. The van der Waals surface area contributed by atoms with Crippen molar-refractivity contribution in [1.82, 2.24) is 5.32 Å². The Balaban J connectivity index is 1.70. The van der Waals surface area contributed by atoms with Crippen LogP contribution in [0.4, 0.5) is 5.69 Å². The molecule has 2 aromatic carbocycles. The van der Waals surface area contributed by atoms with E-state index in [-0.39, 0.29) is 11.8 Å². The number of thiophene rings is 1. The molecule has 142 valence electrons. The molecule has 3 rings (SSSR count). The summed E-state index contributed by atoms with van der Waals surface area (Å²) in [5, 5.41) is 6.24. The van der Waals surface area contributed by atoms with Gasteiger partial charge in [-0.05, 0) is 42.5 Å². The smallest absolute Gasteiger partial charge is 0.252 e. The number of hydrogen-bond donors (Lipinski definition) is 2. The van der Waals surface area contributed by atoms with Crippen LogP contribution in [0.2, 0.25) is 10.0 Å². The molecule has 1 heterocycles. The molecule has 1 aromatic heterocycles. The summed E-state index contributed by atoms with van der Waals surface area (Å²) in [6.45, 7) is 0. The van der Waals surface area contributed by atoms with Crippen LogP contribution in [0.15, 0.2) is 60.7 Å². The maximum Gasteiger partial charge on any atom is 0.252 e. The molecule has 0 saturated heterocycles. The van der Waals surface area contributed by atoms with Crippen LogP contribution in [-0.2, 0) is 4.79 Å². The maximum absolute atomic E-state index is 12.2. The first-order valence-corrected chi connectivity index (χ1v) is 9.90. The van der Waals surface area contributed by atoms with Crippen LogP contribution in [0.25, 0.3) is 16.5 Å². The molecule has 0 aliphatic carbocycles. The molecule has 28 heavy (non-hydrogen) atoms. The van der Waals surface area contributed by atoms with E-state index in [1.54, 1.807) is 18.2 Å². The van der Waals surface area contributed by atoms with Crippen molar-refractivity contribution in [2.24, 2.45) is 0 Å². The number of nitrogens with one attached hydrogen (secondary N) is 2. The monoisotopic (exact) mass is 430 g/mol. The van der Waals surface area contributed by atoms with Crippen molar-refractivity contribution in [3.63, 3.8) is 0 Å². The number of hydrogen-bond acceptors (Lipinski definition) is 3. The fraction of sp³-hybridized carbons (Fsp3) is 0.0476. The SMILES string of the molecule is CNC(=O)c1cc(NC(=O)C=Cc2ccc(-c3ccccc3Cl)s2)ccc1Cl. The Kier molecular flexibility index (Phi) is 6.52. The number of benzene rings is 2. The van der Waals surface area contributed by atoms with E-state index in [9.17, 15) is 9.59 Å². The number of anilines is 1. The van der Waals surface area contributed by atoms with Gasteiger partial charge < -0.3 is 10.6 Å². The minimum Gasteiger partial charge on any atom is -0.355 e. The van der Waals surface area contributed by atoms with Crippen molar-refractivity contribution in [2.75, 3.05) is 12.4 Å². The Morgan fingerprint density at radius 2 is 1.79 bits per heavy atom. The van der Waals surface area contributed by atoms with Crippen molar-refractivity contribution < 1.29 is 9.59 Å². The molecule has 0 aliphatic heterocycles. The summed E-state index contributed by atoms with van der Waals surface area (Å²) in [5.41, 5.74) is 1.75. The van der Waals surface area contributed by atoms with E-state index in [0.29, 0.717) is 21.3 Å². The first kappa shape index (κ1) is 20.1. The van der Waals surface area contributed by atoms with Crippen LogP contribution in [0.5, 0.6) is 0 Å². The Morgan fingerprint density at radius 3 is 2.54 bits per heavy atom. The van der Waals surface area contributed by atoms with E-state index >= 15 is 0 Å². The zero-order valence-electron chi connectivity index (χ0n) is 14.8. The van der Waals surface area contributed by atoms with E-state index in [2.05, 4.69) is 10.6 Å². The van der Waals surface area contributed by atoms with Crippen LogP contribution in [0, 0.1) is 0 Å². The molecule has 0 radical (unpaired) electrons. The van der Waals surface area contributed by atoms with Gasteiger partial charge in [0.2, 0.25) is 5.91 Å². The Morgan fingerprint density at radius 1 is 1.00 bits per heavy atom. The highest BCUT2D eigenvalue weighted by atomic mass is 35.5. The summed E-state index contributed by atoms with van der Waals surface area (Å²) in [7, 11) is 1.52. The van der Waals surface area contributed by atoms with Gasteiger partial charge in [0, 0.05) is 39.2 Å². The molecule has 0 fully saturated rings. The molecule has 0 bridgehead atoms. The molecular formula is C21H16Cl2N2O2S. The summed E-state index contributed by atoms with van der Waals surface area (Å²) in [4.78, 5) is 26.0. The van der Waals surface area contributed by atoms with Gasteiger partial charge in [-0.25, -0.2) is 0 Å². The van der Waals surface area contributed by atoms with Crippen LogP contribution in [-0.4, -0.2) is 18.9 Å². The highest BCUT2D eigenvalue weighted by molar-refractivity contribution is 7.16. The second kappa shape index (κ2) is 9.06. The Hall–Kier alpha value is -2.60. The topological polar surface area (TPSA) is 58.2 Å². The summed E-state index contributed by atoms with van der Waals surface area (Å²) < 4.78 is 0. The van der Waals surface area contributed by atoms with E-state index < -0.39 is 0 Å². The molecule has 0 unspecified atom stereocenters. The van der Waals surface area contributed by atoms with Gasteiger partial charge in [-0.15, -0.1) is 11.3 Å². The van der Waals surface area contributed by atoms with Gasteiger partial charge in [-0.3, -0.25) is 9.59 Å². The molecular weight excluding hydrogens is 415 g/mol. The lowest BCUT2D eigenvalue weighted by Gasteiger charge is -2.07. The predicted octanol–water partition coefficient (Wildman–Crippen LogP) is 5.73. The van der Waals surface area contributed by atoms with Crippen molar-refractivity contribution in [3.8, 4) is 10.4 Å². The zero-order chi connectivity index (χ0) is 20.1. The van der Waals surface area contributed by atoms with Crippen molar-refractivity contribution in [2.45, 2.75) is 0 Å². The van der Waals surface area contributed by atoms with Crippen LogP contribution in [0.1, 0.15) is 15.2 Å². The van der Waals surface area contributed by atoms with Crippen LogP contribution >= 0.6 is 34.5 Å². The Labute approximate surface area is 176 Å². The normalized spacial score (nSPS) is 10.8. The first-order valence-electron chi connectivity index (χ1n) is 8.33. The van der Waals surface area contributed by atoms with Crippen molar-refractivity contribution in [1.29, 1.82) is 0 Å². The standard InChI is InChI=1S/C21H16Cl2N2O2S/c1-24-21(27)16-12-13(6-9-18(16)23)25-20(26)11-8-14-7-10-19(28-14)15-4-2-3-5-17(15)22/h2-12H,1H3,(H,24,27)(H,25,26). The maximum atomic E-state index is 12.2. The van der Waals surface area contributed by atoms with Crippen molar-refractivity contribution in [3.05, 3.63) is 81.2 Å². The molecule has 0 spiro atoms. The number of carbonyl (C=O) groups is 2. The third kappa shape index (κ3) is 4.81. The second-order valence-corrected chi connectivity index (χ2v) is 7.71.